The zero-order chi connectivity index (χ0) is 16.4. The van der Waals surface area contributed by atoms with Gasteiger partial charge in [0.25, 0.3) is 0 Å². The molecule has 0 atom stereocenters. The van der Waals surface area contributed by atoms with Crippen LogP contribution in [0.3, 0.4) is 0 Å². The second-order valence-corrected chi connectivity index (χ2v) is 6.71. The van der Waals surface area contributed by atoms with Gasteiger partial charge in [-0.1, -0.05) is 36.4 Å². The Morgan fingerprint density at radius 3 is 2.46 bits per heavy atom. The van der Waals surface area contributed by atoms with Crippen LogP contribution < -0.4 is 4.57 Å². The van der Waals surface area contributed by atoms with Crippen LogP contribution in [0.5, 0.6) is 0 Å². The van der Waals surface area contributed by atoms with Crippen molar-refractivity contribution in [3.05, 3.63) is 72.1 Å². The van der Waals surface area contributed by atoms with Crippen molar-refractivity contribution in [2.75, 3.05) is 0 Å². The van der Waals surface area contributed by atoms with E-state index in [1.807, 2.05) is 0 Å². The average molecular weight is 311 g/mol. The minimum Gasteiger partial charge on any atom is -0.312 e. The van der Waals surface area contributed by atoms with Crippen LogP contribution in [0.15, 0.2) is 60.8 Å². The number of benzene rings is 2. The first-order valence-electron chi connectivity index (χ1n) is 8.37. The number of aromatic nitrogens is 2. The van der Waals surface area contributed by atoms with Crippen LogP contribution in [0.1, 0.15) is 11.3 Å². The number of pyridine rings is 1. The van der Waals surface area contributed by atoms with Crippen molar-refractivity contribution < 1.29 is 4.57 Å². The molecule has 0 N–H and O–H groups in total. The number of aryl methyl sites for hydroxylation is 3. The highest BCUT2D eigenvalue weighted by Crippen LogP contribution is 2.40. The van der Waals surface area contributed by atoms with Crippen LogP contribution in [0.25, 0.3) is 38.4 Å². The number of nitrogens with zero attached hydrogens (tertiary/aromatic N) is 2. The van der Waals surface area contributed by atoms with Crippen molar-refractivity contribution in [3.63, 3.8) is 0 Å². The van der Waals surface area contributed by atoms with Gasteiger partial charge >= 0.3 is 0 Å². The normalized spacial score (nSPS) is 12.0. The Morgan fingerprint density at radius 2 is 1.58 bits per heavy atom. The van der Waals surface area contributed by atoms with Crippen molar-refractivity contribution in [3.8, 4) is 11.3 Å². The lowest BCUT2D eigenvalue weighted by Gasteiger charge is -2.03. The number of hydrogen-bond acceptors (Lipinski definition) is 0. The third-order valence-corrected chi connectivity index (χ3v) is 5.22. The van der Waals surface area contributed by atoms with Crippen molar-refractivity contribution in [1.82, 2.24) is 4.40 Å². The van der Waals surface area contributed by atoms with Gasteiger partial charge in [-0.05, 0) is 25.5 Å². The zero-order valence-electron chi connectivity index (χ0n) is 14.2. The molecule has 0 aliphatic heterocycles. The van der Waals surface area contributed by atoms with E-state index in [4.69, 9.17) is 0 Å². The lowest BCUT2D eigenvalue weighted by molar-refractivity contribution is -0.660. The van der Waals surface area contributed by atoms with Crippen molar-refractivity contribution in [2.24, 2.45) is 7.05 Å². The molecule has 116 valence electrons. The fourth-order valence-electron chi connectivity index (χ4n) is 4.12. The predicted molar refractivity (Wildman–Crippen MR) is 99.7 cm³/mol. The third-order valence-electron chi connectivity index (χ3n) is 5.22. The van der Waals surface area contributed by atoms with Gasteiger partial charge in [-0.3, -0.25) is 0 Å². The van der Waals surface area contributed by atoms with Gasteiger partial charge in [0.2, 0.25) is 5.69 Å². The Labute approximate surface area is 140 Å². The molecule has 3 aromatic heterocycles. The van der Waals surface area contributed by atoms with E-state index in [9.17, 15) is 0 Å². The quantitative estimate of drug-likeness (QED) is 0.393. The highest BCUT2D eigenvalue weighted by Gasteiger charge is 2.24. The van der Waals surface area contributed by atoms with E-state index in [1.165, 1.54) is 49.7 Å². The van der Waals surface area contributed by atoms with Gasteiger partial charge in [-0.25, -0.2) is 4.57 Å². The molecule has 2 nitrogen and oxygen atoms in total. The van der Waals surface area contributed by atoms with Crippen LogP contribution in [-0.2, 0) is 7.05 Å². The first-order chi connectivity index (χ1) is 11.7. The van der Waals surface area contributed by atoms with Crippen LogP contribution in [0, 0.1) is 13.8 Å². The van der Waals surface area contributed by atoms with Gasteiger partial charge in [-0.15, -0.1) is 0 Å². The molecule has 0 saturated carbocycles. The topological polar surface area (TPSA) is 8.29 Å². The third kappa shape index (κ3) is 1.58. The largest absolute Gasteiger partial charge is 0.312 e. The molecule has 0 fully saturated rings. The molecule has 3 heterocycles. The molecule has 5 rings (SSSR count). The summed E-state index contributed by atoms with van der Waals surface area (Å²) in [4.78, 5) is 0. The van der Waals surface area contributed by atoms with Gasteiger partial charge in [0.05, 0.1) is 16.6 Å². The van der Waals surface area contributed by atoms with Crippen molar-refractivity contribution >= 4 is 27.2 Å². The van der Waals surface area contributed by atoms with Gasteiger partial charge in [-0.2, -0.15) is 0 Å². The van der Waals surface area contributed by atoms with E-state index in [0.29, 0.717) is 0 Å². The van der Waals surface area contributed by atoms with Crippen LogP contribution >= 0.6 is 0 Å². The Bertz CT molecular complexity index is 1230. The van der Waals surface area contributed by atoms with Crippen molar-refractivity contribution in [2.45, 2.75) is 13.8 Å². The molecule has 24 heavy (non-hydrogen) atoms. The summed E-state index contributed by atoms with van der Waals surface area (Å²) in [7, 11) is 2.13. The Hall–Kier alpha value is -2.87. The van der Waals surface area contributed by atoms with E-state index in [0.717, 1.165) is 0 Å². The van der Waals surface area contributed by atoms with Gasteiger partial charge in [0.15, 0.2) is 6.20 Å². The molecule has 0 bridgehead atoms. The Balaban J connectivity index is 2.04. The zero-order valence-corrected chi connectivity index (χ0v) is 14.2. The van der Waals surface area contributed by atoms with Gasteiger partial charge in [0.1, 0.15) is 7.05 Å². The molecule has 2 heteroatoms. The minimum atomic E-state index is 1.27. The molecule has 0 amide bonds. The molecule has 0 saturated heterocycles. The summed E-state index contributed by atoms with van der Waals surface area (Å²) in [6.07, 6.45) is 2.15. The van der Waals surface area contributed by atoms with E-state index < -0.39 is 0 Å². The molecule has 0 unspecified atom stereocenters. The molecule has 5 aromatic rings. The molecular weight excluding hydrogens is 292 g/mol. The van der Waals surface area contributed by atoms with E-state index >= 15 is 0 Å². The van der Waals surface area contributed by atoms with Crippen LogP contribution in [0.2, 0.25) is 0 Å². The average Bonchev–Trinajstić information content (AvgIpc) is 3.08. The molecule has 0 spiro atoms. The van der Waals surface area contributed by atoms with Crippen LogP contribution in [0.4, 0.5) is 0 Å². The second-order valence-electron chi connectivity index (χ2n) is 6.71. The molecule has 0 aliphatic rings. The number of para-hydroxylation sites is 2. The van der Waals surface area contributed by atoms with Gasteiger partial charge in [0, 0.05) is 34.0 Å². The highest BCUT2D eigenvalue weighted by molar-refractivity contribution is 6.18. The summed E-state index contributed by atoms with van der Waals surface area (Å²) in [5, 5.41) is 4.01. The van der Waals surface area contributed by atoms with E-state index in [-0.39, 0.29) is 0 Å². The van der Waals surface area contributed by atoms with Gasteiger partial charge < -0.3 is 4.40 Å². The summed E-state index contributed by atoms with van der Waals surface area (Å²) >= 11 is 0. The molecular formula is C22H19N2+. The lowest BCUT2D eigenvalue weighted by atomic mass is 10.0. The summed E-state index contributed by atoms with van der Waals surface area (Å²) in [6, 6.07) is 19.8. The highest BCUT2D eigenvalue weighted by atomic mass is 15.0. The lowest BCUT2D eigenvalue weighted by Crippen LogP contribution is -2.30. The number of fused-ring (bicyclic) bond motifs is 3. The number of hydrogen-bond donors (Lipinski definition) is 0. The minimum absolute atomic E-state index is 1.27. The first-order valence-corrected chi connectivity index (χ1v) is 8.37. The smallest absolute Gasteiger partial charge is 0.214 e. The standard InChI is InChI=1S/C22H19N2/c1-14-11-12-23(3)20(13-14)21-15(2)24-19-10-5-4-7-16(19)17-8-6-9-18(21)22(17)24/h4-13H,1-3H3/q+1. The molecule has 0 radical (unpaired) electrons. The van der Waals surface area contributed by atoms with E-state index in [1.54, 1.807) is 0 Å². The maximum atomic E-state index is 2.43. The van der Waals surface area contributed by atoms with Crippen LogP contribution in [-0.4, -0.2) is 4.40 Å². The second kappa shape index (κ2) is 4.57. The molecule has 2 aromatic carbocycles. The maximum Gasteiger partial charge on any atom is 0.214 e. The summed E-state index contributed by atoms with van der Waals surface area (Å²) in [5.74, 6) is 0. The number of rotatable bonds is 1. The summed E-state index contributed by atoms with van der Waals surface area (Å²) < 4.78 is 4.65. The monoisotopic (exact) mass is 311 g/mol. The fourth-order valence-corrected chi connectivity index (χ4v) is 4.12. The Morgan fingerprint density at radius 1 is 0.833 bits per heavy atom. The predicted octanol–water partition coefficient (Wildman–Crippen LogP) is 4.79. The summed E-state index contributed by atoms with van der Waals surface area (Å²) in [6.45, 7) is 4.40. The summed E-state index contributed by atoms with van der Waals surface area (Å²) in [5.41, 5.74) is 7.84. The maximum absolute atomic E-state index is 2.43. The van der Waals surface area contributed by atoms with E-state index in [2.05, 4.69) is 90.7 Å². The first kappa shape index (κ1) is 13.6. The Kier molecular flexibility index (Phi) is 2.58. The molecule has 0 aliphatic carbocycles. The van der Waals surface area contributed by atoms with Crippen molar-refractivity contribution in [1.29, 1.82) is 0 Å². The SMILES string of the molecule is Cc1cc[n+](C)c(-c2c(C)n3c4ccccc4c4cccc2c43)c1. The fraction of sp³-hybridized carbons (Fsp3) is 0.136.